The number of halogens is 2. The second kappa shape index (κ2) is 7.42. The van der Waals surface area contributed by atoms with E-state index in [2.05, 4.69) is 94.2 Å². The molecule has 106 valence electrons. The minimum absolute atomic E-state index is 0.678. The molecule has 2 aromatic rings. The van der Waals surface area contributed by atoms with Crippen molar-refractivity contribution in [3.8, 4) is 0 Å². The van der Waals surface area contributed by atoms with Crippen molar-refractivity contribution in [2.75, 3.05) is 0 Å². The molecule has 0 unspecified atom stereocenters. The quantitative estimate of drug-likeness (QED) is 0.559. The van der Waals surface area contributed by atoms with E-state index in [1.807, 2.05) is 0 Å². The standard InChI is InChI=1S/C18H20Br2/c1-13(2)16(11-14-3-7-17(19)8-4-14)12-15-5-9-18(20)10-6-15/h3-10,13,16H,11-12H2,1-2H3. The van der Waals surface area contributed by atoms with Gasteiger partial charge in [-0.1, -0.05) is 70.0 Å². The highest BCUT2D eigenvalue weighted by molar-refractivity contribution is 9.10. The fourth-order valence-corrected chi connectivity index (χ4v) is 2.92. The van der Waals surface area contributed by atoms with Crippen molar-refractivity contribution in [3.63, 3.8) is 0 Å². The Morgan fingerprint density at radius 1 is 0.700 bits per heavy atom. The van der Waals surface area contributed by atoms with Gasteiger partial charge in [-0.05, 0) is 60.1 Å². The highest BCUT2D eigenvalue weighted by Gasteiger charge is 2.15. The second-order valence-electron chi connectivity index (χ2n) is 5.67. The Kier molecular flexibility index (Phi) is 5.86. The molecule has 0 aromatic heterocycles. The highest BCUT2D eigenvalue weighted by Crippen LogP contribution is 2.24. The molecule has 0 atom stereocenters. The van der Waals surface area contributed by atoms with Gasteiger partial charge in [-0.2, -0.15) is 0 Å². The maximum Gasteiger partial charge on any atom is 0.0175 e. The molecule has 0 amide bonds. The topological polar surface area (TPSA) is 0 Å². The molecular weight excluding hydrogens is 376 g/mol. The summed E-state index contributed by atoms with van der Waals surface area (Å²) in [5, 5.41) is 0. The average molecular weight is 396 g/mol. The lowest BCUT2D eigenvalue weighted by Crippen LogP contribution is -2.15. The molecule has 0 fully saturated rings. The van der Waals surface area contributed by atoms with Crippen molar-refractivity contribution in [1.82, 2.24) is 0 Å². The van der Waals surface area contributed by atoms with Crippen LogP contribution in [-0.2, 0) is 12.8 Å². The first kappa shape index (κ1) is 15.8. The van der Waals surface area contributed by atoms with Gasteiger partial charge < -0.3 is 0 Å². The third-order valence-corrected chi connectivity index (χ3v) is 4.82. The average Bonchev–Trinajstić information content (AvgIpc) is 2.42. The molecule has 0 saturated carbocycles. The zero-order valence-electron chi connectivity index (χ0n) is 11.9. The lowest BCUT2D eigenvalue weighted by Gasteiger charge is -2.21. The summed E-state index contributed by atoms with van der Waals surface area (Å²) in [7, 11) is 0. The number of hydrogen-bond donors (Lipinski definition) is 0. The molecule has 0 aliphatic heterocycles. The minimum Gasteiger partial charge on any atom is -0.0625 e. The lowest BCUT2D eigenvalue weighted by atomic mass is 9.84. The van der Waals surface area contributed by atoms with E-state index in [0.29, 0.717) is 11.8 Å². The molecule has 0 aliphatic carbocycles. The predicted octanol–water partition coefficient (Wildman–Crippen LogP) is 6.27. The zero-order chi connectivity index (χ0) is 14.5. The van der Waals surface area contributed by atoms with Gasteiger partial charge in [-0.3, -0.25) is 0 Å². The fourth-order valence-electron chi connectivity index (χ4n) is 2.39. The molecule has 0 N–H and O–H groups in total. The van der Waals surface area contributed by atoms with Crippen LogP contribution >= 0.6 is 31.9 Å². The molecule has 2 aromatic carbocycles. The van der Waals surface area contributed by atoms with Crippen molar-refractivity contribution < 1.29 is 0 Å². The third kappa shape index (κ3) is 4.75. The molecule has 0 spiro atoms. The maximum atomic E-state index is 3.50. The van der Waals surface area contributed by atoms with Crippen LogP contribution in [0.2, 0.25) is 0 Å². The summed E-state index contributed by atoms with van der Waals surface area (Å²) in [6.07, 6.45) is 2.28. The Labute approximate surface area is 138 Å². The van der Waals surface area contributed by atoms with Gasteiger partial charge in [0.1, 0.15) is 0 Å². The molecule has 20 heavy (non-hydrogen) atoms. The Hall–Kier alpha value is -0.600. The van der Waals surface area contributed by atoms with Crippen LogP contribution in [0.25, 0.3) is 0 Å². The van der Waals surface area contributed by atoms with E-state index in [-0.39, 0.29) is 0 Å². The summed E-state index contributed by atoms with van der Waals surface area (Å²) < 4.78 is 2.30. The SMILES string of the molecule is CC(C)C(Cc1ccc(Br)cc1)Cc1ccc(Br)cc1. The Bertz CT molecular complexity index is 479. The van der Waals surface area contributed by atoms with Crippen molar-refractivity contribution >= 4 is 31.9 Å². The van der Waals surface area contributed by atoms with Crippen LogP contribution in [0.1, 0.15) is 25.0 Å². The molecule has 0 saturated heterocycles. The summed E-state index contributed by atoms with van der Waals surface area (Å²) in [5.74, 6) is 1.36. The Morgan fingerprint density at radius 2 is 1.05 bits per heavy atom. The number of rotatable bonds is 5. The van der Waals surface area contributed by atoms with Gasteiger partial charge in [0.15, 0.2) is 0 Å². The summed E-state index contributed by atoms with van der Waals surface area (Å²) in [6.45, 7) is 4.64. The first-order chi connectivity index (χ1) is 9.54. The number of benzene rings is 2. The van der Waals surface area contributed by atoms with Crippen LogP contribution in [0.5, 0.6) is 0 Å². The number of hydrogen-bond acceptors (Lipinski definition) is 0. The van der Waals surface area contributed by atoms with Crippen LogP contribution in [0.4, 0.5) is 0 Å². The molecule has 2 heteroatoms. The summed E-state index contributed by atoms with van der Waals surface area (Å²) in [6, 6.07) is 17.4. The van der Waals surface area contributed by atoms with Gasteiger partial charge >= 0.3 is 0 Å². The van der Waals surface area contributed by atoms with Crippen molar-refractivity contribution in [1.29, 1.82) is 0 Å². The van der Waals surface area contributed by atoms with Gasteiger partial charge in [0.05, 0.1) is 0 Å². The van der Waals surface area contributed by atoms with Crippen LogP contribution in [0.3, 0.4) is 0 Å². The van der Waals surface area contributed by atoms with Gasteiger partial charge in [0.2, 0.25) is 0 Å². The van der Waals surface area contributed by atoms with E-state index >= 15 is 0 Å². The molecule has 0 bridgehead atoms. The van der Waals surface area contributed by atoms with Gasteiger partial charge in [0.25, 0.3) is 0 Å². The molecule has 0 nitrogen and oxygen atoms in total. The largest absolute Gasteiger partial charge is 0.0625 e. The van der Waals surface area contributed by atoms with E-state index in [1.165, 1.54) is 11.1 Å². The normalized spacial score (nSPS) is 11.3. The molecule has 2 rings (SSSR count). The lowest BCUT2D eigenvalue weighted by molar-refractivity contribution is 0.380. The summed E-state index contributed by atoms with van der Waals surface area (Å²) in [5.41, 5.74) is 2.84. The van der Waals surface area contributed by atoms with Crippen LogP contribution in [-0.4, -0.2) is 0 Å². The van der Waals surface area contributed by atoms with E-state index in [9.17, 15) is 0 Å². The maximum absolute atomic E-state index is 3.50. The van der Waals surface area contributed by atoms with Gasteiger partial charge in [0, 0.05) is 8.95 Å². The summed E-state index contributed by atoms with van der Waals surface area (Å²) >= 11 is 6.99. The van der Waals surface area contributed by atoms with Crippen molar-refractivity contribution in [2.24, 2.45) is 11.8 Å². The van der Waals surface area contributed by atoms with Crippen LogP contribution in [0, 0.1) is 11.8 Å². The molecule has 0 radical (unpaired) electrons. The smallest absolute Gasteiger partial charge is 0.0175 e. The Morgan fingerprint density at radius 3 is 1.35 bits per heavy atom. The third-order valence-electron chi connectivity index (χ3n) is 3.77. The van der Waals surface area contributed by atoms with Crippen LogP contribution < -0.4 is 0 Å². The van der Waals surface area contributed by atoms with E-state index < -0.39 is 0 Å². The van der Waals surface area contributed by atoms with E-state index in [4.69, 9.17) is 0 Å². The first-order valence-electron chi connectivity index (χ1n) is 7.03. The van der Waals surface area contributed by atoms with Crippen molar-refractivity contribution in [3.05, 3.63) is 68.6 Å². The van der Waals surface area contributed by atoms with Gasteiger partial charge in [-0.25, -0.2) is 0 Å². The highest BCUT2D eigenvalue weighted by atomic mass is 79.9. The molecular formula is C18H20Br2. The predicted molar refractivity (Wildman–Crippen MR) is 94.0 cm³/mol. The van der Waals surface area contributed by atoms with Crippen molar-refractivity contribution in [2.45, 2.75) is 26.7 Å². The zero-order valence-corrected chi connectivity index (χ0v) is 15.1. The monoisotopic (exact) mass is 394 g/mol. The van der Waals surface area contributed by atoms with E-state index in [0.717, 1.165) is 21.8 Å². The van der Waals surface area contributed by atoms with Gasteiger partial charge in [-0.15, -0.1) is 0 Å². The summed E-state index contributed by atoms with van der Waals surface area (Å²) in [4.78, 5) is 0. The Balaban J connectivity index is 2.07. The fraction of sp³-hybridized carbons (Fsp3) is 0.333. The second-order valence-corrected chi connectivity index (χ2v) is 7.50. The minimum atomic E-state index is 0.678. The molecule has 0 aliphatic rings. The van der Waals surface area contributed by atoms with E-state index in [1.54, 1.807) is 0 Å². The molecule has 0 heterocycles. The van der Waals surface area contributed by atoms with Crippen LogP contribution in [0.15, 0.2) is 57.5 Å². The first-order valence-corrected chi connectivity index (χ1v) is 8.62.